The van der Waals surface area contributed by atoms with Crippen LogP contribution in [0, 0.1) is 5.92 Å². The fourth-order valence-corrected chi connectivity index (χ4v) is 1.93. The summed E-state index contributed by atoms with van der Waals surface area (Å²) in [6.07, 6.45) is 2.93. The molecule has 0 saturated heterocycles. The van der Waals surface area contributed by atoms with Crippen molar-refractivity contribution in [1.29, 1.82) is 0 Å². The predicted molar refractivity (Wildman–Crippen MR) is 72.3 cm³/mol. The van der Waals surface area contributed by atoms with Gasteiger partial charge in [-0.1, -0.05) is 19.8 Å². The normalized spacial score (nSPS) is 13.7. The second kappa shape index (κ2) is 10.8. The van der Waals surface area contributed by atoms with Gasteiger partial charge in [0.1, 0.15) is 0 Å². The number of ether oxygens (including phenoxy) is 1. The molecule has 4 N–H and O–H groups in total. The van der Waals surface area contributed by atoms with Crippen molar-refractivity contribution in [2.75, 3.05) is 20.2 Å². The van der Waals surface area contributed by atoms with Gasteiger partial charge in [0.2, 0.25) is 5.91 Å². The van der Waals surface area contributed by atoms with Gasteiger partial charge in [0, 0.05) is 6.42 Å². The number of esters is 1. The molecule has 112 valence electrons. The van der Waals surface area contributed by atoms with Crippen molar-refractivity contribution in [2.45, 2.75) is 45.1 Å². The molecule has 0 heterocycles. The Kier molecular flexibility index (Phi) is 10.1. The second-order valence-electron chi connectivity index (χ2n) is 4.61. The molecule has 2 atom stereocenters. The lowest BCUT2D eigenvalue weighted by molar-refractivity contribution is -0.150. The van der Waals surface area contributed by atoms with Crippen LogP contribution >= 0.6 is 0 Å². The van der Waals surface area contributed by atoms with Gasteiger partial charge in [0.15, 0.2) is 6.10 Å². The Morgan fingerprint density at radius 1 is 1.32 bits per heavy atom. The monoisotopic (exact) mass is 274 g/mol. The third kappa shape index (κ3) is 8.56. The van der Waals surface area contributed by atoms with Crippen LogP contribution in [0.15, 0.2) is 0 Å². The lowest BCUT2D eigenvalue weighted by Gasteiger charge is -2.15. The Balaban J connectivity index is 3.87. The molecule has 0 fully saturated rings. The van der Waals surface area contributed by atoms with E-state index in [0.717, 1.165) is 25.7 Å². The average molecular weight is 274 g/mol. The van der Waals surface area contributed by atoms with Crippen molar-refractivity contribution >= 4 is 11.9 Å². The van der Waals surface area contributed by atoms with Crippen LogP contribution in [0.25, 0.3) is 0 Å². The molecule has 0 spiro atoms. The van der Waals surface area contributed by atoms with Crippen molar-refractivity contribution in [2.24, 2.45) is 11.7 Å². The van der Waals surface area contributed by atoms with Gasteiger partial charge in [-0.15, -0.1) is 0 Å². The van der Waals surface area contributed by atoms with Crippen molar-refractivity contribution in [1.82, 2.24) is 5.32 Å². The van der Waals surface area contributed by atoms with E-state index in [0.29, 0.717) is 18.9 Å². The summed E-state index contributed by atoms with van der Waals surface area (Å²) in [4.78, 5) is 22.5. The van der Waals surface area contributed by atoms with Crippen LogP contribution in [-0.4, -0.2) is 43.3 Å². The number of rotatable bonds is 10. The first-order valence-corrected chi connectivity index (χ1v) is 6.77. The molecule has 0 rings (SSSR count). The fourth-order valence-electron chi connectivity index (χ4n) is 1.93. The van der Waals surface area contributed by atoms with Gasteiger partial charge in [0.05, 0.1) is 13.7 Å². The summed E-state index contributed by atoms with van der Waals surface area (Å²) in [6.45, 7) is 2.63. The van der Waals surface area contributed by atoms with Crippen molar-refractivity contribution in [3.63, 3.8) is 0 Å². The van der Waals surface area contributed by atoms with E-state index in [2.05, 4.69) is 17.0 Å². The number of carbonyl (C=O) groups excluding carboxylic acids is 2. The molecule has 0 aliphatic heterocycles. The molecule has 0 saturated carbocycles. The van der Waals surface area contributed by atoms with E-state index in [1.54, 1.807) is 0 Å². The van der Waals surface area contributed by atoms with Gasteiger partial charge >= 0.3 is 5.97 Å². The largest absolute Gasteiger partial charge is 0.467 e. The quantitative estimate of drug-likeness (QED) is 0.493. The Morgan fingerprint density at radius 2 is 2.00 bits per heavy atom. The second-order valence-corrected chi connectivity index (χ2v) is 4.61. The summed E-state index contributed by atoms with van der Waals surface area (Å²) < 4.78 is 4.35. The van der Waals surface area contributed by atoms with Gasteiger partial charge < -0.3 is 20.9 Å². The van der Waals surface area contributed by atoms with Crippen molar-refractivity contribution in [3.8, 4) is 0 Å². The van der Waals surface area contributed by atoms with Crippen molar-refractivity contribution < 1.29 is 19.4 Å². The summed E-state index contributed by atoms with van der Waals surface area (Å²) in [6, 6.07) is 0. The zero-order chi connectivity index (χ0) is 14.7. The van der Waals surface area contributed by atoms with Gasteiger partial charge in [-0.2, -0.15) is 0 Å². The molecule has 19 heavy (non-hydrogen) atoms. The number of hydrogen-bond acceptors (Lipinski definition) is 5. The van der Waals surface area contributed by atoms with Crippen LogP contribution < -0.4 is 11.1 Å². The van der Waals surface area contributed by atoms with Crippen LogP contribution in [-0.2, 0) is 14.3 Å². The number of hydrogen-bond donors (Lipinski definition) is 3. The summed E-state index contributed by atoms with van der Waals surface area (Å²) >= 11 is 0. The van der Waals surface area contributed by atoms with E-state index >= 15 is 0 Å². The molecule has 2 unspecified atom stereocenters. The standard InChI is InChI=1S/C13H26N2O4/c1-3-4-10(7-8-14)5-6-12(17)15-9-11(16)13(18)19-2/h10-11,16H,3-9,14H2,1-2H3,(H,15,17). The van der Waals surface area contributed by atoms with Gasteiger partial charge in [-0.3, -0.25) is 4.79 Å². The molecular formula is C13H26N2O4. The molecule has 0 aromatic rings. The van der Waals surface area contributed by atoms with Gasteiger partial charge in [-0.25, -0.2) is 4.79 Å². The number of amides is 1. The highest BCUT2D eigenvalue weighted by Gasteiger charge is 2.16. The number of nitrogens with one attached hydrogen (secondary N) is 1. The first-order valence-electron chi connectivity index (χ1n) is 6.77. The first kappa shape index (κ1) is 17.9. The highest BCUT2D eigenvalue weighted by atomic mass is 16.5. The van der Waals surface area contributed by atoms with Crippen LogP contribution in [0.4, 0.5) is 0 Å². The molecule has 1 amide bonds. The predicted octanol–water partition coefficient (Wildman–Crippen LogP) is 0.182. The van der Waals surface area contributed by atoms with E-state index in [1.165, 1.54) is 7.11 Å². The minimum atomic E-state index is -1.30. The zero-order valence-electron chi connectivity index (χ0n) is 11.9. The maximum absolute atomic E-state index is 11.6. The summed E-state index contributed by atoms with van der Waals surface area (Å²) in [5.74, 6) is -0.445. The lowest BCUT2D eigenvalue weighted by atomic mass is 9.94. The van der Waals surface area contributed by atoms with E-state index < -0.39 is 12.1 Å². The summed E-state index contributed by atoms with van der Waals surface area (Å²) in [5, 5.41) is 11.8. The first-order chi connectivity index (χ1) is 9.04. The smallest absolute Gasteiger partial charge is 0.336 e. The topological polar surface area (TPSA) is 102 Å². The SMILES string of the molecule is CCCC(CCN)CCC(=O)NCC(O)C(=O)OC. The van der Waals surface area contributed by atoms with Crippen LogP contribution in [0.3, 0.4) is 0 Å². The van der Waals surface area contributed by atoms with E-state index in [4.69, 9.17) is 5.73 Å². The average Bonchev–Trinajstić information content (AvgIpc) is 2.41. The molecule has 0 aromatic carbocycles. The van der Waals surface area contributed by atoms with E-state index in [1.807, 2.05) is 0 Å². The Labute approximate surface area is 114 Å². The molecule has 0 radical (unpaired) electrons. The third-order valence-electron chi connectivity index (χ3n) is 3.02. The Hall–Kier alpha value is -1.14. The third-order valence-corrected chi connectivity index (χ3v) is 3.02. The fraction of sp³-hybridized carbons (Fsp3) is 0.846. The number of aliphatic hydroxyl groups excluding tert-OH is 1. The van der Waals surface area contributed by atoms with E-state index in [9.17, 15) is 14.7 Å². The summed E-state index contributed by atoms with van der Waals surface area (Å²) in [7, 11) is 1.19. The van der Waals surface area contributed by atoms with Crippen LogP contribution in [0.5, 0.6) is 0 Å². The zero-order valence-corrected chi connectivity index (χ0v) is 11.9. The maximum atomic E-state index is 11.6. The highest BCUT2D eigenvalue weighted by Crippen LogP contribution is 2.16. The van der Waals surface area contributed by atoms with Gasteiger partial charge in [0.25, 0.3) is 0 Å². The molecule has 0 aliphatic carbocycles. The Morgan fingerprint density at radius 3 is 2.53 bits per heavy atom. The summed E-state index contributed by atoms with van der Waals surface area (Å²) in [5.41, 5.74) is 5.53. The van der Waals surface area contributed by atoms with Crippen molar-refractivity contribution in [3.05, 3.63) is 0 Å². The number of methoxy groups -OCH3 is 1. The van der Waals surface area contributed by atoms with Gasteiger partial charge in [-0.05, 0) is 25.3 Å². The minimum Gasteiger partial charge on any atom is -0.467 e. The highest BCUT2D eigenvalue weighted by molar-refractivity contribution is 5.78. The minimum absolute atomic E-state index is 0.110. The molecule has 0 aliphatic rings. The number of nitrogens with two attached hydrogens (primary N) is 1. The number of carbonyl (C=O) groups is 2. The molecule has 0 bridgehead atoms. The molecule has 6 heteroatoms. The lowest BCUT2D eigenvalue weighted by Crippen LogP contribution is -2.37. The molecule has 0 aromatic heterocycles. The van der Waals surface area contributed by atoms with E-state index in [-0.39, 0.29) is 12.5 Å². The Bertz CT molecular complexity index is 265. The van der Waals surface area contributed by atoms with Crippen LogP contribution in [0.2, 0.25) is 0 Å². The molecule has 6 nitrogen and oxygen atoms in total. The maximum Gasteiger partial charge on any atom is 0.336 e. The molecular weight excluding hydrogens is 248 g/mol. The number of aliphatic hydroxyl groups is 1. The van der Waals surface area contributed by atoms with Crippen LogP contribution in [0.1, 0.15) is 39.0 Å².